The summed E-state index contributed by atoms with van der Waals surface area (Å²) in [5, 5.41) is 14.1. The van der Waals surface area contributed by atoms with E-state index in [0.29, 0.717) is 11.1 Å². The Kier molecular flexibility index (Phi) is 6.17. The Morgan fingerprint density at radius 2 is 1.88 bits per heavy atom. The quantitative estimate of drug-likeness (QED) is 0.624. The van der Waals surface area contributed by atoms with Crippen molar-refractivity contribution >= 4 is 17.8 Å². The van der Waals surface area contributed by atoms with Gasteiger partial charge in [-0.05, 0) is 51.5 Å². The number of phenols is 1. The lowest BCUT2D eigenvalue weighted by atomic mass is 10.1. The molecule has 132 valence electrons. The second-order valence-electron chi connectivity index (χ2n) is 5.93. The van der Waals surface area contributed by atoms with E-state index in [9.17, 15) is 9.90 Å². The third-order valence-corrected chi connectivity index (χ3v) is 4.14. The van der Waals surface area contributed by atoms with E-state index in [1.807, 2.05) is 32.0 Å². The summed E-state index contributed by atoms with van der Waals surface area (Å²) in [5.74, 6) is -0.137. The van der Waals surface area contributed by atoms with E-state index in [4.69, 9.17) is 0 Å². The number of hydrogen-bond acceptors (Lipinski definition) is 4. The average Bonchev–Trinajstić information content (AvgIpc) is 2.57. The molecule has 2 aromatic rings. The van der Waals surface area contributed by atoms with E-state index in [0.717, 1.165) is 29.9 Å². The number of carbonyl (C=O) groups is 1. The van der Waals surface area contributed by atoms with Gasteiger partial charge in [0.2, 0.25) is 0 Å². The smallest absolute Gasteiger partial charge is 0.271 e. The zero-order chi connectivity index (χ0) is 18.4. The summed E-state index contributed by atoms with van der Waals surface area (Å²) in [6, 6.07) is 11.1. The predicted molar refractivity (Wildman–Crippen MR) is 103 cm³/mol. The fraction of sp³-hybridized carbons (Fsp3) is 0.300. The first-order valence-corrected chi connectivity index (χ1v) is 8.44. The topological polar surface area (TPSA) is 64.9 Å². The summed E-state index contributed by atoms with van der Waals surface area (Å²) >= 11 is 0. The van der Waals surface area contributed by atoms with Crippen LogP contribution in [0.3, 0.4) is 0 Å². The monoisotopic (exact) mass is 339 g/mol. The van der Waals surface area contributed by atoms with Gasteiger partial charge in [-0.2, -0.15) is 5.10 Å². The molecule has 5 nitrogen and oxygen atoms in total. The fourth-order valence-electron chi connectivity index (χ4n) is 2.72. The maximum Gasteiger partial charge on any atom is 0.271 e. The molecule has 0 aliphatic rings. The van der Waals surface area contributed by atoms with Gasteiger partial charge in [0.25, 0.3) is 5.91 Å². The highest BCUT2D eigenvalue weighted by atomic mass is 16.3. The SMILES string of the molecule is CCN(CC)c1ccc(C=NNC(=O)c2ccc(C)cc2C)c(O)c1. The Balaban J connectivity index is 2.08. The number of benzene rings is 2. The van der Waals surface area contributed by atoms with Crippen molar-refractivity contribution in [3.05, 3.63) is 58.7 Å². The molecule has 0 bridgehead atoms. The van der Waals surface area contributed by atoms with Crippen LogP contribution in [0, 0.1) is 13.8 Å². The molecule has 0 atom stereocenters. The molecule has 0 unspecified atom stereocenters. The second-order valence-corrected chi connectivity index (χ2v) is 5.93. The van der Waals surface area contributed by atoms with Crippen LogP contribution in [0.15, 0.2) is 41.5 Å². The molecule has 2 N–H and O–H groups in total. The first kappa shape index (κ1) is 18.5. The predicted octanol–water partition coefficient (Wildman–Crippen LogP) is 3.62. The van der Waals surface area contributed by atoms with Gasteiger partial charge in [0.15, 0.2) is 0 Å². The Morgan fingerprint density at radius 1 is 1.16 bits per heavy atom. The van der Waals surface area contributed by atoms with Gasteiger partial charge in [-0.25, -0.2) is 5.43 Å². The fourth-order valence-corrected chi connectivity index (χ4v) is 2.72. The first-order valence-electron chi connectivity index (χ1n) is 8.44. The molecule has 0 heterocycles. The molecule has 2 rings (SSSR count). The summed E-state index contributed by atoms with van der Waals surface area (Å²) < 4.78 is 0. The van der Waals surface area contributed by atoms with Crippen molar-refractivity contribution in [1.82, 2.24) is 5.43 Å². The van der Waals surface area contributed by atoms with E-state index in [1.54, 1.807) is 18.2 Å². The normalized spacial score (nSPS) is 10.9. The van der Waals surface area contributed by atoms with Crippen molar-refractivity contribution in [2.24, 2.45) is 5.10 Å². The third kappa shape index (κ3) is 4.59. The highest BCUT2D eigenvalue weighted by molar-refractivity contribution is 5.96. The van der Waals surface area contributed by atoms with Crippen molar-refractivity contribution in [2.75, 3.05) is 18.0 Å². The van der Waals surface area contributed by atoms with Gasteiger partial charge in [-0.15, -0.1) is 0 Å². The minimum atomic E-state index is -0.270. The lowest BCUT2D eigenvalue weighted by molar-refractivity contribution is 0.0954. The van der Waals surface area contributed by atoms with Gasteiger partial charge in [-0.1, -0.05) is 17.7 Å². The van der Waals surface area contributed by atoms with Crippen LogP contribution in [0.5, 0.6) is 5.75 Å². The van der Waals surface area contributed by atoms with Crippen LogP contribution in [0.2, 0.25) is 0 Å². The Labute approximate surface area is 149 Å². The van der Waals surface area contributed by atoms with Crippen molar-refractivity contribution in [1.29, 1.82) is 0 Å². The summed E-state index contributed by atoms with van der Waals surface area (Å²) in [4.78, 5) is 14.3. The molecule has 0 fully saturated rings. The number of rotatable bonds is 6. The van der Waals surface area contributed by atoms with E-state index < -0.39 is 0 Å². The van der Waals surface area contributed by atoms with Crippen molar-refractivity contribution in [3.8, 4) is 5.75 Å². The van der Waals surface area contributed by atoms with Gasteiger partial charge in [0.1, 0.15) is 5.75 Å². The number of nitrogens with zero attached hydrogens (tertiary/aromatic N) is 2. The number of amides is 1. The number of phenolic OH excluding ortho intramolecular Hbond substituents is 1. The summed E-state index contributed by atoms with van der Waals surface area (Å²) in [6.45, 7) is 9.75. The molecule has 0 radical (unpaired) electrons. The summed E-state index contributed by atoms with van der Waals surface area (Å²) in [6.07, 6.45) is 1.45. The molecule has 5 heteroatoms. The molecule has 0 saturated carbocycles. The minimum Gasteiger partial charge on any atom is -0.507 e. The van der Waals surface area contributed by atoms with Crippen molar-refractivity contribution < 1.29 is 9.90 Å². The number of aromatic hydroxyl groups is 1. The average molecular weight is 339 g/mol. The number of carbonyl (C=O) groups excluding carboxylic acids is 1. The third-order valence-electron chi connectivity index (χ3n) is 4.14. The van der Waals surface area contributed by atoms with Crippen LogP contribution < -0.4 is 10.3 Å². The zero-order valence-electron chi connectivity index (χ0n) is 15.2. The van der Waals surface area contributed by atoms with Gasteiger partial charge in [0.05, 0.1) is 6.21 Å². The summed E-state index contributed by atoms with van der Waals surface area (Å²) in [7, 11) is 0. The molecule has 0 aliphatic heterocycles. The maximum atomic E-state index is 12.2. The van der Waals surface area contributed by atoms with Crippen LogP contribution in [-0.4, -0.2) is 30.3 Å². The first-order chi connectivity index (χ1) is 12.0. The largest absolute Gasteiger partial charge is 0.507 e. The van der Waals surface area contributed by atoms with Crippen LogP contribution in [0.1, 0.15) is 40.9 Å². The molecule has 0 saturated heterocycles. The molecule has 0 spiro atoms. The molecule has 1 amide bonds. The van der Waals surface area contributed by atoms with Gasteiger partial charge >= 0.3 is 0 Å². The van der Waals surface area contributed by atoms with Crippen LogP contribution in [0.25, 0.3) is 0 Å². The Morgan fingerprint density at radius 3 is 2.48 bits per heavy atom. The molecular weight excluding hydrogens is 314 g/mol. The van der Waals surface area contributed by atoms with Crippen molar-refractivity contribution in [3.63, 3.8) is 0 Å². The lowest BCUT2D eigenvalue weighted by Crippen LogP contribution is -2.21. The molecule has 0 aromatic heterocycles. The Hall–Kier alpha value is -2.82. The highest BCUT2D eigenvalue weighted by Crippen LogP contribution is 2.23. The maximum absolute atomic E-state index is 12.2. The molecular formula is C20H25N3O2. The molecule has 0 aliphatic carbocycles. The number of hydrogen-bond donors (Lipinski definition) is 2. The standard InChI is InChI=1S/C20H25N3O2/c1-5-23(6-2)17-9-8-16(19(24)12-17)13-21-22-20(25)18-10-7-14(3)11-15(18)4/h7-13,24H,5-6H2,1-4H3,(H,22,25). The molecule has 25 heavy (non-hydrogen) atoms. The van der Waals surface area contributed by atoms with Crippen LogP contribution in [0.4, 0.5) is 5.69 Å². The number of anilines is 1. The number of aryl methyl sites for hydroxylation is 2. The van der Waals surface area contributed by atoms with Crippen LogP contribution >= 0.6 is 0 Å². The van der Waals surface area contributed by atoms with E-state index >= 15 is 0 Å². The lowest BCUT2D eigenvalue weighted by Gasteiger charge is -2.21. The van der Waals surface area contributed by atoms with Gasteiger partial charge in [-0.3, -0.25) is 4.79 Å². The second kappa shape index (κ2) is 8.33. The number of nitrogens with one attached hydrogen (secondary N) is 1. The van der Waals surface area contributed by atoms with Gasteiger partial charge in [0, 0.05) is 36.0 Å². The zero-order valence-corrected chi connectivity index (χ0v) is 15.2. The highest BCUT2D eigenvalue weighted by Gasteiger charge is 2.08. The molecule has 2 aromatic carbocycles. The van der Waals surface area contributed by atoms with Gasteiger partial charge < -0.3 is 10.0 Å². The van der Waals surface area contributed by atoms with E-state index in [-0.39, 0.29) is 11.7 Å². The number of hydrazone groups is 1. The van der Waals surface area contributed by atoms with E-state index in [2.05, 4.69) is 29.3 Å². The van der Waals surface area contributed by atoms with E-state index in [1.165, 1.54) is 6.21 Å². The minimum absolute atomic E-state index is 0.133. The summed E-state index contributed by atoms with van der Waals surface area (Å²) in [5.41, 5.74) is 6.61. The Bertz CT molecular complexity index is 781. The van der Waals surface area contributed by atoms with Crippen LogP contribution in [-0.2, 0) is 0 Å². The van der Waals surface area contributed by atoms with Crippen molar-refractivity contribution in [2.45, 2.75) is 27.7 Å².